The second-order valence-electron chi connectivity index (χ2n) is 5.44. The predicted octanol–water partition coefficient (Wildman–Crippen LogP) is 4.29. The molecule has 0 aliphatic carbocycles. The number of carbonyl (C=O) groups is 2. The van der Waals surface area contributed by atoms with Gasteiger partial charge in [-0.05, 0) is 30.3 Å². The summed E-state index contributed by atoms with van der Waals surface area (Å²) in [6.07, 6.45) is 1.49. The third kappa shape index (κ3) is 4.26. The number of H-pyrrole nitrogens is 1. The Kier molecular flexibility index (Phi) is 5.43. The van der Waals surface area contributed by atoms with Crippen LogP contribution in [0.15, 0.2) is 47.1 Å². The Hall–Kier alpha value is -2.91. The SMILES string of the molecule is O=C(COC(=O)c1c[nH]c2ccc(Br)cc12)Nc1ccc(Cl)cc1[N+](=O)[O-]. The highest BCUT2D eigenvalue weighted by Gasteiger charge is 2.19. The maximum absolute atomic E-state index is 12.2. The molecule has 3 rings (SSSR count). The number of carbonyl (C=O) groups excluding carboxylic acids is 2. The van der Waals surface area contributed by atoms with Crippen molar-refractivity contribution in [2.24, 2.45) is 0 Å². The Morgan fingerprint density at radius 1 is 1.26 bits per heavy atom. The summed E-state index contributed by atoms with van der Waals surface area (Å²) in [5, 5.41) is 14.2. The highest BCUT2D eigenvalue weighted by atomic mass is 79.9. The van der Waals surface area contributed by atoms with Gasteiger partial charge in [-0.2, -0.15) is 0 Å². The van der Waals surface area contributed by atoms with Crippen molar-refractivity contribution in [3.8, 4) is 0 Å². The number of amides is 1. The lowest BCUT2D eigenvalue weighted by Gasteiger charge is -2.07. The zero-order valence-corrected chi connectivity index (χ0v) is 15.8. The van der Waals surface area contributed by atoms with Gasteiger partial charge in [0.2, 0.25) is 0 Å². The zero-order chi connectivity index (χ0) is 19.6. The quantitative estimate of drug-likeness (QED) is 0.340. The number of rotatable bonds is 5. The van der Waals surface area contributed by atoms with E-state index in [0.29, 0.717) is 5.39 Å². The first-order chi connectivity index (χ1) is 12.8. The van der Waals surface area contributed by atoms with Gasteiger partial charge in [0.1, 0.15) is 5.69 Å². The van der Waals surface area contributed by atoms with E-state index in [-0.39, 0.29) is 22.0 Å². The van der Waals surface area contributed by atoms with Crippen LogP contribution in [0.25, 0.3) is 10.9 Å². The van der Waals surface area contributed by atoms with Crippen LogP contribution in [0, 0.1) is 10.1 Å². The fourth-order valence-electron chi connectivity index (χ4n) is 2.42. The van der Waals surface area contributed by atoms with Crippen molar-refractivity contribution in [3.05, 3.63) is 67.8 Å². The Morgan fingerprint density at radius 3 is 2.78 bits per heavy atom. The first-order valence-corrected chi connectivity index (χ1v) is 8.70. The fraction of sp³-hybridized carbons (Fsp3) is 0.0588. The molecular formula is C17H11BrClN3O5. The number of nitro groups is 1. The van der Waals surface area contributed by atoms with Crippen molar-refractivity contribution >= 4 is 61.7 Å². The molecular weight excluding hydrogens is 442 g/mol. The summed E-state index contributed by atoms with van der Waals surface area (Å²) in [4.78, 5) is 37.6. The van der Waals surface area contributed by atoms with Gasteiger partial charge < -0.3 is 15.0 Å². The van der Waals surface area contributed by atoms with Gasteiger partial charge in [-0.1, -0.05) is 27.5 Å². The van der Waals surface area contributed by atoms with Crippen LogP contribution in [-0.4, -0.2) is 28.4 Å². The Labute approximate surface area is 165 Å². The first-order valence-electron chi connectivity index (χ1n) is 7.52. The second-order valence-corrected chi connectivity index (χ2v) is 6.79. The highest BCUT2D eigenvalue weighted by Crippen LogP contribution is 2.28. The standard InChI is InChI=1S/C17H11BrClN3O5/c18-9-1-3-13-11(5-9)12(7-20-13)17(24)27-8-16(23)21-14-4-2-10(19)6-15(14)22(25)26/h1-7,20H,8H2,(H,21,23). The lowest BCUT2D eigenvalue weighted by Crippen LogP contribution is -2.21. The molecule has 0 atom stereocenters. The Balaban J connectivity index is 1.68. The molecule has 10 heteroatoms. The van der Waals surface area contributed by atoms with Crippen LogP contribution in [-0.2, 0) is 9.53 Å². The van der Waals surface area contributed by atoms with E-state index in [9.17, 15) is 19.7 Å². The molecule has 0 saturated heterocycles. The van der Waals surface area contributed by atoms with E-state index in [2.05, 4.69) is 26.2 Å². The number of nitro benzene ring substituents is 1. The molecule has 8 nitrogen and oxygen atoms in total. The molecule has 2 N–H and O–H groups in total. The van der Waals surface area contributed by atoms with Gasteiger partial charge in [-0.25, -0.2) is 4.79 Å². The van der Waals surface area contributed by atoms with Crippen molar-refractivity contribution < 1.29 is 19.2 Å². The van der Waals surface area contributed by atoms with E-state index < -0.39 is 23.4 Å². The van der Waals surface area contributed by atoms with Gasteiger partial charge in [-0.15, -0.1) is 0 Å². The molecule has 1 amide bonds. The molecule has 0 aliphatic rings. The minimum absolute atomic E-state index is 0.0403. The number of aromatic nitrogens is 1. The lowest BCUT2D eigenvalue weighted by atomic mass is 10.2. The molecule has 0 aliphatic heterocycles. The fourth-order valence-corrected chi connectivity index (χ4v) is 2.95. The van der Waals surface area contributed by atoms with Gasteiger partial charge in [0.05, 0.1) is 10.5 Å². The molecule has 0 spiro atoms. The third-order valence-electron chi connectivity index (χ3n) is 3.63. The smallest absolute Gasteiger partial charge is 0.340 e. The van der Waals surface area contributed by atoms with Crippen LogP contribution >= 0.6 is 27.5 Å². The summed E-state index contributed by atoms with van der Waals surface area (Å²) in [6.45, 7) is -0.598. The number of benzene rings is 2. The van der Waals surface area contributed by atoms with Crippen molar-refractivity contribution in [1.82, 2.24) is 4.98 Å². The monoisotopic (exact) mass is 451 g/mol. The zero-order valence-electron chi connectivity index (χ0n) is 13.5. The molecule has 0 unspecified atom stereocenters. The van der Waals surface area contributed by atoms with Crippen LogP contribution in [0.2, 0.25) is 5.02 Å². The molecule has 0 fully saturated rings. The van der Waals surface area contributed by atoms with Crippen LogP contribution in [0.5, 0.6) is 0 Å². The molecule has 138 valence electrons. The average Bonchev–Trinajstić information content (AvgIpc) is 3.04. The van der Waals surface area contributed by atoms with E-state index in [1.165, 1.54) is 18.3 Å². The maximum Gasteiger partial charge on any atom is 0.340 e. The molecule has 27 heavy (non-hydrogen) atoms. The number of ether oxygens (including phenoxy) is 1. The van der Waals surface area contributed by atoms with Crippen LogP contribution in [0.1, 0.15) is 10.4 Å². The van der Waals surface area contributed by atoms with Gasteiger partial charge in [-0.3, -0.25) is 14.9 Å². The van der Waals surface area contributed by atoms with E-state index >= 15 is 0 Å². The minimum Gasteiger partial charge on any atom is -0.452 e. The molecule has 0 saturated carbocycles. The summed E-state index contributed by atoms with van der Waals surface area (Å²) in [7, 11) is 0. The topological polar surface area (TPSA) is 114 Å². The molecule has 2 aromatic carbocycles. The van der Waals surface area contributed by atoms with Gasteiger partial charge in [0.25, 0.3) is 11.6 Å². The van der Waals surface area contributed by atoms with Gasteiger partial charge in [0, 0.05) is 32.7 Å². The number of anilines is 1. The van der Waals surface area contributed by atoms with Crippen LogP contribution < -0.4 is 5.32 Å². The summed E-state index contributed by atoms with van der Waals surface area (Å²) in [5.41, 5.74) is 0.619. The average molecular weight is 453 g/mol. The second kappa shape index (κ2) is 7.77. The molecule has 3 aromatic rings. The van der Waals surface area contributed by atoms with Crippen molar-refractivity contribution in [3.63, 3.8) is 0 Å². The first kappa shape index (κ1) is 18.9. The van der Waals surface area contributed by atoms with Gasteiger partial charge in [0.15, 0.2) is 6.61 Å². The van der Waals surface area contributed by atoms with Crippen LogP contribution in [0.4, 0.5) is 11.4 Å². The largest absolute Gasteiger partial charge is 0.452 e. The van der Waals surface area contributed by atoms with E-state index in [1.807, 2.05) is 6.07 Å². The molecule has 1 aromatic heterocycles. The summed E-state index contributed by atoms with van der Waals surface area (Å²) in [5.74, 6) is -1.41. The molecule has 1 heterocycles. The predicted molar refractivity (Wildman–Crippen MR) is 103 cm³/mol. The number of hydrogen-bond donors (Lipinski definition) is 2. The Bertz CT molecular complexity index is 1070. The molecule has 0 bridgehead atoms. The number of hydrogen-bond acceptors (Lipinski definition) is 5. The number of aromatic amines is 1. The normalized spacial score (nSPS) is 10.6. The number of nitrogens with one attached hydrogen (secondary N) is 2. The number of fused-ring (bicyclic) bond motifs is 1. The van der Waals surface area contributed by atoms with E-state index in [1.54, 1.807) is 12.1 Å². The highest BCUT2D eigenvalue weighted by molar-refractivity contribution is 9.10. The van der Waals surface area contributed by atoms with E-state index in [0.717, 1.165) is 16.1 Å². The summed E-state index contributed by atoms with van der Waals surface area (Å²) < 4.78 is 5.80. The lowest BCUT2D eigenvalue weighted by molar-refractivity contribution is -0.383. The van der Waals surface area contributed by atoms with Crippen molar-refractivity contribution in [2.75, 3.05) is 11.9 Å². The van der Waals surface area contributed by atoms with Gasteiger partial charge >= 0.3 is 5.97 Å². The summed E-state index contributed by atoms with van der Waals surface area (Å²) in [6, 6.07) is 9.19. The summed E-state index contributed by atoms with van der Waals surface area (Å²) >= 11 is 9.05. The number of nitrogens with zero attached hydrogens (tertiary/aromatic N) is 1. The van der Waals surface area contributed by atoms with E-state index in [4.69, 9.17) is 16.3 Å². The number of halogens is 2. The minimum atomic E-state index is -0.713. The molecule has 0 radical (unpaired) electrons. The Morgan fingerprint density at radius 2 is 2.04 bits per heavy atom. The maximum atomic E-state index is 12.2. The van der Waals surface area contributed by atoms with Crippen molar-refractivity contribution in [2.45, 2.75) is 0 Å². The number of esters is 1. The third-order valence-corrected chi connectivity index (χ3v) is 4.36. The van der Waals surface area contributed by atoms with Crippen molar-refractivity contribution in [1.29, 1.82) is 0 Å². The van der Waals surface area contributed by atoms with Crippen LogP contribution in [0.3, 0.4) is 0 Å².